The summed E-state index contributed by atoms with van der Waals surface area (Å²) in [4.78, 5) is 12.1. The zero-order valence-corrected chi connectivity index (χ0v) is 11.2. The van der Waals surface area contributed by atoms with Crippen molar-refractivity contribution in [3.63, 3.8) is 0 Å². The average molecular weight is 294 g/mol. The Morgan fingerprint density at radius 1 is 1.12 bits per heavy atom. The van der Waals surface area contributed by atoms with Crippen molar-refractivity contribution >= 4 is 27.5 Å². The van der Waals surface area contributed by atoms with E-state index in [9.17, 15) is 4.79 Å². The second-order valence-electron chi connectivity index (χ2n) is 5.13. The molecule has 0 saturated heterocycles. The van der Waals surface area contributed by atoms with Crippen molar-refractivity contribution < 1.29 is 4.79 Å². The maximum Gasteiger partial charge on any atom is 0.228 e. The van der Waals surface area contributed by atoms with E-state index in [2.05, 4.69) is 21.2 Å². The van der Waals surface area contributed by atoms with Crippen LogP contribution in [-0.2, 0) is 4.79 Å². The molecule has 2 aliphatic rings. The second-order valence-corrected chi connectivity index (χ2v) is 6.05. The molecule has 0 radical (unpaired) electrons. The van der Waals surface area contributed by atoms with Crippen LogP contribution in [0.3, 0.4) is 0 Å². The molecule has 0 bridgehead atoms. The van der Waals surface area contributed by atoms with Gasteiger partial charge in [-0.3, -0.25) is 4.79 Å². The number of anilines is 1. The Bertz CT molecular complexity index is 416. The summed E-state index contributed by atoms with van der Waals surface area (Å²) in [6.07, 6.45) is 5.12. The Morgan fingerprint density at radius 3 is 2.29 bits per heavy atom. The predicted molar refractivity (Wildman–Crippen MR) is 71.7 cm³/mol. The predicted octanol–water partition coefficient (Wildman–Crippen LogP) is 3.82. The second kappa shape index (κ2) is 4.45. The number of benzene rings is 1. The molecule has 2 aliphatic carbocycles. The summed E-state index contributed by atoms with van der Waals surface area (Å²) >= 11 is 3.39. The fraction of sp³-hybridized carbons (Fsp3) is 0.500. The Labute approximate surface area is 110 Å². The molecule has 0 heterocycles. The lowest BCUT2D eigenvalue weighted by Crippen LogP contribution is -2.15. The van der Waals surface area contributed by atoms with Gasteiger partial charge in [-0.25, -0.2) is 0 Å². The number of carbonyl (C=O) groups is 1. The molecule has 2 saturated carbocycles. The summed E-state index contributed by atoms with van der Waals surface area (Å²) in [5, 5.41) is 3.03. The molecule has 90 valence electrons. The van der Waals surface area contributed by atoms with Crippen molar-refractivity contribution in [2.75, 3.05) is 5.32 Å². The van der Waals surface area contributed by atoms with Gasteiger partial charge in [0, 0.05) is 16.1 Å². The third-order valence-corrected chi connectivity index (χ3v) is 4.60. The molecule has 0 aliphatic heterocycles. The standard InChI is InChI=1S/C14H16BrNO/c15-9-5-7-10(8-6-9)16-14(17)13-11-3-1-2-4-12(11)13/h5-8,11-13H,1-4H2,(H,16,17)/t11-,12-/m0/s1. The summed E-state index contributed by atoms with van der Waals surface area (Å²) in [5.74, 6) is 1.88. The molecule has 1 amide bonds. The van der Waals surface area contributed by atoms with Gasteiger partial charge in [0.15, 0.2) is 0 Å². The van der Waals surface area contributed by atoms with Crippen molar-refractivity contribution in [2.24, 2.45) is 17.8 Å². The van der Waals surface area contributed by atoms with Crippen LogP contribution in [0.5, 0.6) is 0 Å². The maximum absolute atomic E-state index is 12.1. The number of carbonyl (C=O) groups excluding carboxylic acids is 1. The van der Waals surface area contributed by atoms with Crippen molar-refractivity contribution in [1.82, 2.24) is 0 Å². The highest BCUT2D eigenvalue weighted by Crippen LogP contribution is 2.55. The molecule has 2 nitrogen and oxygen atoms in total. The van der Waals surface area contributed by atoms with E-state index >= 15 is 0 Å². The van der Waals surface area contributed by atoms with Crippen molar-refractivity contribution in [2.45, 2.75) is 25.7 Å². The molecule has 3 heteroatoms. The monoisotopic (exact) mass is 293 g/mol. The van der Waals surface area contributed by atoms with Crippen LogP contribution in [0.2, 0.25) is 0 Å². The summed E-state index contributed by atoms with van der Waals surface area (Å²) in [6, 6.07) is 7.78. The Morgan fingerprint density at radius 2 is 1.71 bits per heavy atom. The lowest BCUT2D eigenvalue weighted by atomic mass is 10.0. The molecule has 1 aromatic rings. The SMILES string of the molecule is O=C(Nc1ccc(Br)cc1)C1[C@H]2CCCC[C@H]12. The van der Waals surface area contributed by atoms with E-state index in [-0.39, 0.29) is 5.91 Å². The first-order chi connectivity index (χ1) is 8.25. The zero-order chi connectivity index (χ0) is 11.8. The smallest absolute Gasteiger partial charge is 0.228 e. The molecule has 1 aromatic carbocycles. The lowest BCUT2D eigenvalue weighted by Gasteiger charge is -2.04. The molecule has 17 heavy (non-hydrogen) atoms. The van der Waals surface area contributed by atoms with Gasteiger partial charge in [-0.1, -0.05) is 28.8 Å². The van der Waals surface area contributed by atoms with E-state index in [1.165, 1.54) is 25.7 Å². The number of hydrogen-bond donors (Lipinski definition) is 1. The highest BCUT2D eigenvalue weighted by atomic mass is 79.9. The van der Waals surface area contributed by atoms with E-state index < -0.39 is 0 Å². The minimum atomic E-state index is 0.226. The third kappa shape index (κ3) is 2.25. The summed E-state index contributed by atoms with van der Waals surface area (Å²) in [7, 11) is 0. The van der Waals surface area contributed by atoms with Gasteiger partial charge in [0.1, 0.15) is 0 Å². The number of rotatable bonds is 2. The first-order valence-electron chi connectivity index (χ1n) is 6.32. The zero-order valence-electron chi connectivity index (χ0n) is 9.66. The number of hydrogen-bond acceptors (Lipinski definition) is 1. The fourth-order valence-electron chi connectivity index (χ4n) is 3.14. The van der Waals surface area contributed by atoms with Crippen LogP contribution in [0.25, 0.3) is 0 Å². The van der Waals surface area contributed by atoms with Crippen LogP contribution in [-0.4, -0.2) is 5.91 Å². The number of fused-ring (bicyclic) bond motifs is 1. The van der Waals surface area contributed by atoms with Crippen LogP contribution in [0, 0.1) is 17.8 Å². The molecule has 0 spiro atoms. The van der Waals surface area contributed by atoms with Crippen LogP contribution in [0.15, 0.2) is 28.7 Å². The largest absolute Gasteiger partial charge is 0.326 e. The van der Waals surface area contributed by atoms with E-state index in [1.807, 2.05) is 24.3 Å². The molecule has 2 atom stereocenters. The van der Waals surface area contributed by atoms with Crippen molar-refractivity contribution in [3.8, 4) is 0 Å². The Hall–Kier alpha value is -0.830. The molecular formula is C14H16BrNO. The van der Waals surface area contributed by atoms with Crippen molar-refractivity contribution in [3.05, 3.63) is 28.7 Å². The highest BCUT2D eigenvalue weighted by molar-refractivity contribution is 9.10. The topological polar surface area (TPSA) is 29.1 Å². The minimum absolute atomic E-state index is 0.226. The Balaban J connectivity index is 1.62. The lowest BCUT2D eigenvalue weighted by molar-refractivity contribution is -0.117. The normalized spacial score (nSPS) is 30.5. The Kier molecular flexibility index (Phi) is 2.95. The van der Waals surface area contributed by atoms with Gasteiger partial charge in [-0.15, -0.1) is 0 Å². The van der Waals surface area contributed by atoms with Crippen molar-refractivity contribution in [1.29, 1.82) is 0 Å². The van der Waals surface area contributed by atoms with Gasteiger partial charge in [0.2, 0.25) is 5.91 Å². The van der Waals surface area contributed by atoms with Gasteiger partial charge in [0.25, 0.3) is 0 Å². The minimum Gasteiger partial charge on any atom is -0.326 e. The van der Waals surface area contributed by atoms with Crippen LogP contribution < -0.4 is 5.32 Å². The molecular weight excluding hydrogens is 278 g/mol. The van der Waals surface area contributed by atoms with Gasteiger partial charge in [-0.05, 0) is 48.9 Å². The van der Waals surface area contributed by atoms with Crippen LogP contribution in [0.4, 0.5) is 5.69 Å². The first kappa shape index (κ1) is 11.3. The maximum atomic E-state index is 12.1. The van der Waals surface area contributed by atoms with Gasteiger partial charge >= 0.3 is 0 Å². The van der Waals surface area contributed by atoms with Gasteiger partial charge in [0.05, 0.1) is 0 Å². The number of halogens is 1. The molecule has 1 N–H and O–H groups in total. The quantitative estimate of drug-likeness (QED) is 0.882. The molecule has 0 unspecified atom stereocenters. The number of nitrogens with one attached hydrogen (secondary N) is 1. The van der Waals surface area contributed by atoms with Crippen LogP contribution in [0.1, 0.15) is 25.7 Å². The summed E-state index contributed by atoms with van der Waals surface area (Å²) in [5.41, 5.74) is 0.904. The molecule has 2 fully saturated rings. The third-order valence-electron chi connectivity index (χ3n) is 4.07. The van der Waals surface area contributed by atoms with Gasteiger partial charge < -0.3 is 5.32 Å². The van der Waals surface area contributed by atoms with Gasteiger partial charge in [-0.2, -0.15) is 0 Å². The van der Waals surface area contributed by atoms with E-state index in [0.29, 0.717) is 17.8 Å². The highest BCUT2D eigenvalue weighted by Gasteiger charge is 2.54. The first-order valence-corrected chi connectivity index (χ1v) is 7.11. The fourth-order valence-corrected chi connectivity index (χ4v) is 3.40. The summed E-state index contributed by atoms with van der Waals surface area (Å²) in [6.45, 7) is 0. The molecule has 3 rings (SSSR count). The summed E-state index contributed by atoms with van der Waals surface area (Å²) < 4.78 is 1.04. The number of amides is 1. The van der Waals surface area contributed by atoms with E-state index in [0.717, 1.165) is 10.2 Å². The molecule has 0 aromatic heterocycles. The van der Waals surface area contributed by atoms with E-state index in [1.54, 1.807) is 0 Å². The average Bonchev–Trinajstić information content (AvgIpc) is 3.06. The van der Waals surface area contributed by atoms with E-state index in [4.69, 9.17) is 0 Å². The van der Waals surface area contributed by atoms with Crippen LogP contribution >= 0.6 is 15.9 Å².